The first-order chi connectivity index (χ1) is 18.3. The van der Waals surface area contributed by atoms with Crippen LogP contribution in [-0.2, 0) is 29.9 Å². The molecule has 0 bridgehead atoms. The number of benzene rings is 2. The maximum Gasteiger partial charge on any atom is 0.224 e. The molecule has 0 saturated carbocycles. The lowest BCUT2D eigenvalue weighted by atomic mass is 10.1. The van der Waals surface area contributed by atoms with E-state index in [1.807, 2.05) is 24.3 Å². The second-order valence-corrected chi connectivity index (χ2v) is 12.4. The van der Waals surface area contributed by atoms with Gasteiger partial charge in [-0.3, -0.25) is 14.4 Å². The summed E-state index contributed by atoms with van der Waals surface area (Å²) in [5.74, 6) is -2.55. The van der Waals surface area contributed by atoms with Crippen molar-refractivity contribution in [2.75, 3.05) is 38.6 Å². The van der Waals surface area contributed by atoms with E-state index in [4.69, 9.17) is 4.74 Å². The van der Waals surface area contributed by atoms with E-state index in [1.54, 1.807) is 35.2 Å². The zero-order valence-corrected chi connectivity index (χ0v) is 22.6. The second kappa shape index (κ2) is 13.1. The third-order valence-corrected chi connectivity index (χ3v) is 9.01. The summed E-state index contributed by atoms with van der Waals surface area (Å²) in [4.78, 5) is 44.5. The molecule has 2 aromatic carbocycles. The van der Waals surface area contributed by atoms with Gasteiger partial charge in [0.25, 0.3) is 0 Å². The molecule has 38 heavy (non-hydrogen) atoms. The van der Waals surface area contributed by atoms with Crippen LogP contribution in [0.4, 0.5) is 0 Å². The standard InChI is InChI=1S/C27H31N3O6S2/c31-23(27-29-22-9-4-5-11-24(22)37-27)10-6-12-28-26(33)21(17-25(32)30-13-15-36-16-14-30)19-38(34,35)18-20-7-2-1-3-8-20/h1-5,7-9,11,21H,6,10,12-19H2,(H,28,33). The highest BCUT2D eigenvalue weighted by atomic mass is 32.2. The van der Waals surface area contributed by atoms with Crippen molar-refractivity contribution in [2.45, 2.75) is 25.0 Å². The first kappa shape index (κ1) is 27.9. The summed E-state index contributed by atoms with van der Waals surface area (Å²) < 4.78 is 32.1. The van der Waals surface area contributed by atoms with Gasteiger partial charge in [-0.25, -0.2) is 13.4 Å². The van der Waals surface area contributed by atoms with Gasteiger partial charge in [0.1, 0.15) is 0 Å². The largest absolute Gasteiger partial charge is 0.378 e. The predicted octanol–water partition coefficient (Wildman–Crippen LogP) is 2.86. The fourth-order valence-corrected chi connectivity index (χ4v) is 6.91. The van der Waals surface area contributed by atoms with Gasteiger partial charge in [-0.1, -0.05) is 42.5 Å². The lowest BCUT2D eigenvalue weighted by Crippen LogP contribution is -2.44. The van der Waals surface area contributed by atoms with Crippen molar-refractivity contribution in [3.05, 3.63) is 65.2 Å². The third kappa shape index (κ3) is 7.92. The van der Waals surface area contributed by atoms with Crippen LogP contribution in [0.1, 0.15) is 34.6 Å². The van der Waals surface area contributed by atoms with E-state index in [-0.39, 0.29) is 36.8 Å². The highest BCUT2D eigenvalue weighted by Gasteiger charge is 2.30. The maximum absolute atomic E-state index is 13.1. The number of aromatic nitrogens is 1. The summed E-state index contributed by atoms with van der Waals surface area (Å²) in [6.07, 6.45) is 0.371. The number of amides is 2. The fraction of sp³-hybridized carbons (Fsp3) is 0.407. The number of ether oxygens (including phenoxy) is 1. The van der Waals surface area contributed by atoms with Gasteiger partial charge >= 0.3 is 0 Å². The van der Waals surface area contributed by atoms with Crippen LogP contribution in [0.5, 0.6) is 0 Å². The normalized spacial score (nSPS) is 14.8. The number of ketones is 1. The monoisotopic (exact) mass is 557 g/mol. The number of Topliss-reactive ketones (excluding diaryl/α,β-unsaturated/α-hetero) is 1. The summed E-state index contributed by atoms with van der Waals surface area (Å²) in [5, 5.41) is 3.17. The van der Waals surface area contributed by atoms with E-state index < -0.39 is 27.4 Å². The first-order valence-electron chi connectivity index (χ1n) is 12.6. The molecule has 1 N–H and O–H groups in total. The molecule has 9 nitrogen and oxygen atoms in total. The summed E-state index contributed by atoms with van der Waals surface area (Å²) in [7, 11) is -3.67. The molecule has 1 fully saturated rings. The van der Waals surface area contributed by atoms with E-state index in [1.165, 1.54) is 11.3 Å². The summed E-state index contributed by atoms with van der Waals surface area (Å²) in [6, 6.07) is 16.3. The van der Waals surface area contributed by atoms with Crippen molar-refractivity contribution >= 4 is 49.0 Å². The predicted molar refractivity (Wildman–Crippen MR) is 146 cm³/mol. The second-order valence-electron chi connectivity index (χ2n) is 9.24. The fourth-order valence-electron chi connectivity index (χ4n) is 4.28. The van der Waals surface area contributed by atoms with Crippen molar-refractivity contribution in [1.29, 1.82) is 0 Å². The van der Waals surface area contributed by atoms with Crippen LogP contribution in [0.25, 0.3) is 10.2 Å². The van der Waals surface area contributed by atoms with Gasteiger partial charge in [-0.15, -0.1) is 11.3 Å². The molecular weight excluding hydrogens is 526 g/mol. The van der Waals surface area contributed by atoms with E-state index in [9.17, 15) is 22.8 Å². The number of thiazole rings is 1. The Labute approximate surface area is 226 Å². The van der Waals surface area contributed by atoms with Crippen LogP contribution in [0.15, 0.2) is 54.6 Å². The molecule has 1 saturated heterocycles. The highest BCUT2D eigenvalue weighted by molar-refractivity contribution is 7.90. The smallest absolute Gasteiger partial charge is 0.224 e. The number of sulfone groups is 1. The van der Waals surface area contributed by atoms with Crippen LogP contribution >= 0.6 is 11.3 Å². The number of morpholine rings is 1. The highest BCUT2D eigenvalue weighted by Crippen LogP contribution is 2.23. The van der Waals surface area contributed by atoms with Gasteiger partial charge in [0.15, 0.2) is 20.6 Å². The molecule has 2 heterocycles. The Morgan fingerprint density at radius 1 is 1.03 bits per heavy atom. The Morgan fingerprint density at radius 2 is 1.74 bits per heavy atom. The van der Waals surface area contributed by atoms with Crippen LogP contribution in [0, 0.1) is 5.92 Å². The van der Waals surface area contributed by atoms with Gasteiger partial charge in [0, 0.05) is 32.5 Å². The number of hydrogen-bond donors (Lipinski definition) is 1. The quantitative estimate of drug-likeness (QED) is 0.268. The minimum Gasteiger partial charge on any atom is -0.378 e. The van der Waals surface area contributed by atoms with Crippen LogP contribution in [0.3, 0.4) is 0 Å². The third-order valence-electron chi connectivity index (χ3n) is 6.25. The Hall–Kier alpha value is -3.15. The Morgan fingerprint density at radius 3 is 2.47 bits per heavy atom. The van der Waals surface area contributed by atoms with Gasteiger partial charge in [-0.2, -0.15) is 0 Å². The van der Waals surface area contributed by atoms with Crippen molar-refractivity contribution in [3.63, 3.8) is 0 Å². The Bertz CT molecular complexity index is 1330. The average Bonchev–Trinajstić information content (AvgIpc) is 3.36. The van der Waals surface area contributed by atoms with Crippen molar-refractivity contribution in [1.82, 2.24) is 15.2 Å². The summed E-state index contributed by atoms with van der Waals surface area (Å²) >= 11 is 1.34. The zero-order valence-electron chi connectivity index (χ0n) is 21.0. The van der Waals surface area contributed by atoms with Gasteiger partial charge in [0.05, 0.1) is 40.9 Å². The topological polar surface area (TPSA) is 123 Å². The molecule has 0 aliphatic carbocycles. The molecule has 11 heteroatoms. The number of carbonyl (C=O) groups excluding carboxylic acids is 3. The summed E-state index contributed by atoms with van der Waals surface area (Å²) in [5.41, 5.74) is 1.40. The molecule has 1 aromatic heterocycles. The average molecular weight is 558 g/mol. The molecule has 0 radical (unpaired) electrons. The number of rotatable bonds is 12. The number of nitrogens with zero attached hydrogens (tertiary/aromatic N) is 2. The molecule has 1 atom stereocenters. The molecule has 4 rings (SSSR count). The molecule has 1 unspecified atom stereocenters. The molecular formula is C27H31N3O6S2. The lowest BCUT2D eigenvalue weighted by Gasteiger charge is -2.28. The van der Waals surface area contributed by atoms with Gasteiger partial charge < -0.3 is 15.0 Å². The summed E-state index contributed by atoms with van der Waals surface area (Å²) in [6.45, 7) is 1.85. The number of carbonyl (C=O) groups is 3. The number of hydrogen-bond acceptors (Lipinski definition) is 8. The zero-order chi connectivity index (χ0) is 27.0. The molecule has 2 amide bonds. The van der Waals surface area contributed by atoms with Crippen molar-refractivity contribution in [3.8, 4) is 0 Å². The van der Waals surface area contributed by atoms with Crippen LogP contribution in [0.2, 0.25) is 0 Å². The van der Waals surface area contributed by atoms with Gasteiger partial charge in [0.2, 0.25) is 11.8 Å². The maximum atomic E-state index is 13.1. The van der Waals surface area contributed by atoms with Crippen molar-refractivity contribution < 1.29 is 27.5 Å². The number of fused-ring (bicyclic) bond motifs is 1. The molecule has 3 aromatic rings. The van der Waals surface area contributed by atoms with E-state index in [0.717, 1.165) is 10.2 Å². The molecule has 1 aliphatic heterocycles. The Balaban J connectivity index is 1.34. The SMILES string of the molecule is O=C(CCCNC(=O)C(CC(=O)N1CCOCC1)CS(=O)(=O)Cc1ccccc1)c1nc2ccccc2s1. The number of nitrogens with one attached hydrogen (secondary N) is 1. The molecule has 202 valence electrons. The molecule has 1 aliphatic rings. The molecule has 0 spiro atoms. The minimum absolute atomic E-state index is 0.107. The van der Waals surface area contributed by atoms with Crippen LogP contribution in [-0.4, -0.2) is 74.5 Å². The van der Waals surface area contributed by atoms with Crippen LogP contribution < -0.4 is 5.32 Å². The first-order valence-corrected chi connectivity index (χ1v) is 15.2. The Kier molecular flexibility index (Phi) is 9.59. The lowest BCUT2D eigenvalue weighted by molar-refractivity contribution is -0.139. The van der Waals surface area contributed by atoms with E-state index in [2.05, 4.69) is 10.3 Å². The number of para-hydroxylation sites is 1. The van der Waals surface area contributed by atoms with Gasteiger partial charge in [-0.05, 0) is 24.1 Å². The van der Waals surface area contributed by atoms with Crippen molar-refractivity contribution in [2.24, 2.45) is 5.92 Å². The van der Waals surface area contributed by atoms with E-state index in [0.29, 0.717) is 43.3 Å². The van der Waals surface area contributed by atoms with E-state index >= 15 is 0 Å². The minimum atomic E-state index is -3.67.